The quantitative estimate of drug-likeness (QED) is 0.896. The summed E-state index contributed by atoms with van der Waals surface area (Å²) in [7, 11) is 0. The molecule has 2 aromatic heterocycles. The number of nitrogens with zero attached hydrogens (tertiary/aromatic N) is 1. The van der Waals surface area contributed by atoms with Crippen LogP contribution in [-0.4, -0.2) is 23.5 Å². The molecule has 2 aromatic rings. The minimum Gasteiger partial charge on any atom is -0.449 e. The summed E-state index contributed by atoms with van der Waals surface area (Å²) in [6, 6.07) is 5.57. The highest BCUT2D eigenvalue weighted by molar-refractivity contribution is 5.95. The Labute approximate surface area is 117 Å². The molecule has 0 spiro atoms. The van der Waals surface area contributed by atoms with Crippen LogP contribution in [0.25, 0.3) is 11.1 Å². The summed E-state index contributed by atoms with van der Waals surface area (Å²) in [5, 5.41) is 3.03. The van der Waals surface area contributed by atoms with Crippen molar-refractivity contribution in [2.24, 2.45) is 11.7 Å². The molecule has 5 heteroatoms. The SMILES string of the molecule is Cc1ccc2oc(C(=O)NC3CCCC3CN)cc2n1. The number of amides is 1. The fourth-order valence-electron chi connectivity index (χ4n) is 2.89. The molecule has 20 heavy (non-hydrogen) atoms. The number of aryl methyl sites for hydroxylation is 1. The average molecular weight is 273 g/mol. The molecule has 1 fully saturated rings. The molecule has 106 valence electrons. The monoisotopic (exact) mass is 273 g/mol. The van der Waals surface area contributed by atoms with E-state index in [9.17, 15) is 4.79 Å². The lowest BCUT2D eigenvalue weighted by atomic mass is 10.0. The lowest BCUT2D eigenvalue weighted by molar-refractivity contribution is 0.0903. The van der Waals surface area contributed by atoms with Crippen molar-refractivity contribution in [1.82, 2.24) is 10.3 Å². The van der Waals surface area contributed by atoms with Gasteiger partial charge in [-0.3, -0.25) is 4.79 Å². The summed E-state index contributed by atoms with van der Waals surface area (Å²) < 4.78 is 5.56. The van der Waals surface area contributed by atoms with Crippen molar-refractivity contribution in [2.75, 3.05) is 6.54 Å². The van der Waals surface area contributed by atoms with Gasteiger partial charge >= 0.3 is 0 Å². The van der Waals surface area contributed by atoms with E-state index >= 15 is 0 Å². The first-order chi connectivity index (χ1) is 9.67. The molecule has 3 N–H and O–H groups in total. The van der Waals surface area contributed by atoms with Crippen molar-refractivity contribution in [3.63, 3.8) is 0 Å². The van der Waals surface area contributed by atoms with E-state index in [1.807, 2.05) is 19.1 Å². The Morgan fingerprint density at radius 1 is 1.50 bits per heavy atom. The molecule has 0 aliphatic heterocycles. The molecule has 1 aliphatic rings. The molecule has 2 heterocycles. The number of nitrogens with two attached hydrogens (primary N) is 1. The molecule has 0 bridgehead atoms. The first-order valence-corrected chi connectivity index (χ1v) is 7.05. The molecule has 3 rings (SSSR count). The minimum atomic E-state index is -0.175. The fraction of sp³-hybridized carbons (Fsp3) is 0.467. The van der Waals surface area contributed by atoms with Crippen LogP contribution < -0.4 is 11.1 Å². The Morgan fingerprint density at radius 3 is 3.15 bits per heavy atom. The molecule has 5 nitrogen and oxygen atoms in total. The van der Waals surface area contributed by atoms with Crippen molar-refractivity contribution < 1.29 is 9.21 Å². The van der Waals surface area contributed by atoms with E-state index in [0.29, 0.717) is 23.8 Å². The van der Waals surface area contributed by atoms with Crippen LogP contribution in [0.4, 0.5) is 0 Å². The summed E-state index contributed by atoms with van der Waals surface area (Å²) in [5.74, 6) is 0.524. The van der Waals surface area contributed by atoms with Gasteiger partial charge in [0.2, 0.25) is 0 Å². The Bertz CT molecular complexity index is 635. The number of aromatic nitrogens is 1. The number of hydrogen-bond acceptors (Lipinski definition) is 4. The molecular weight excluding hydrogens is 254 g/mol. The van der Waals surface area contributed by atoms with Crippen LogP contribution in [0.2, 0.25) is 0 Å². The Hall–Kier alpha value is -1.88. The van der Waals surface area contributed by atoms with Crippen LogP contribution in [0, 0.1) is 12.8 Å². The van der Waals surface area contributed by atoms with E-state index in [-0.39, 0.29) is 11.9 Å². The van der Waals surface area contributed by atoms with Crippen LogP contribution in [0.1, 0.15) is 35.5 Å². The summed E-state index contributed by atoms with van der Waals surface area (Å²) in [5.41, 5.74) is 8.00. The maximum absolute atomic E-state index is 12.2. The highest BCUT2D eigenvalue weighted by Gasteiger charge is 2.28. The number of rotatable bonds is 3. The number of carbonyl (C=O) groups is 1. The van der Waals surface area contributed by atoms with Gasteiger partial charge in [0.1, 0.15) is 5.52 Å². The standard InChI is InChI=1S/C15H19N3O2/c1-9-5-6-13-12(17-9)7-14(20-13)15(19)18-11-4-2-3-10(11)8-16/h5-7,10-11H,2-4,8,16H2,1H3,(H,18,19). The van der Waals surface area contributed by atoms with Gasteiger partial charge in [-0.25, -0.2) is 4.98 Å². The van der Waals surface area contributed by atoms with Crippen LogP contribution in [0.5, 0.6) is 0 Å². The Morgan fingerprint density at radius 2 is 2.35 bits per heavy atom. The van der Waals surface area contributed by atoms with Crippen molar-refractivity contribution >= 4 is 17.0 Å². The number of fused-ring (bicyclic) bond motifs is 1. The summed E-state index contributed by atoms with van der Waals surface area (Å²) >= 11 is 0. The third-order valence-electron chi connectivity index (χ3n) is 4.02. The van der Waals surface area contributed by atoms with E-state index < -0.39 is 0 Å². The lowest BCUT2D eigenvalue weighted by Crippen LogP contribution is -2.39. The first-order valence-electron chi connectivity index (χ1n) is 7.05. The van der Waals surface area contributed by atoms with Gasteiger partial charge in [0.25, 0.3) is 5.91 Å². The predicted octanol–water partition coefficient (Wildman–Crippen LogP) is 1.99. The molecule has 1 amide bonds. The van der Waals surface area contributed by atoms with Crippen LogP contribution >= 0.6 is 0 Å². The van der Waals surface area contributed by atoms with Gasteiger partial charge in [-0.1, -0.05) is 6.42 Å². The second kappa shape index (κ2) is 5.25. The molecule has 0 aromatic carbocycles. The van der Waals surface area contributed by atoms with Crippen LogP contribution in [0.3, 0.4) is 0 Å². The minimum absolute atomic E-state index is 0.162. The molecule has 1 aliphatic carbocycles. The zero-order valence-electron chi connectivity index (χ0n) is 11.6. The van der Waals surface area contributed by atoms with E-state index in [1.54, 1.807) is 6.07 Å². The van der Waals surface area contributed by atoms with Gasteiger partial charge in [0, 0.05) is 17.8 Å². The van der Waals surface area contributed by atoms with Gasteiger partial charge in [0.15, 0.2) is 11.3 Å². The largest absolute Gasteiger partial charge is 0.449 e. The molecule has 2 unspecified atom stereocenters. The molecule has 0 saturated heterocycles. The van der Waals surface area contributed by atoms with Crippen molar-refractivity contribution in [3.05, 3.63) is 29.7 Å². The Balaban J connectivity index is 1.78. The van der Waals surface area contributed by atoms with Gasteiger partial charge in [-0.15, -0.1) is 0 Å². The molecular formula is C15H19N3O2. The maximum atomic E-state index is 12.2. The van der Waals surface area contributed by atoms with E-state index in [0.717, 1.165) is 30.5 Å². The smallest absolute Gasteiger partial charge is 0.287 e. The third kappa shape index (κ3) is 2.41. The van der Waals surface area contributed by atoms with Gasteiger partial charge in [-0.2, -0.15) is 0 Å². The van der Waals surface area contributed by atoms with Gasteiger partial charge in [0.05, 0.1) is 0 Å². The van der Waals surface area contributed by atoms with E-state index in [2.05, 4.69) is 10.3 Å². The van der Waals surface area contributed by atoms with Crippen LogP contribution in [-0.2, 0) is 0 Å². The number of furan rings is 1. The summed E-state index contributed by atoms with van der Waals surface area (Å²) in [4.78, 5) is 16.6. The van der Waals surface area contributed by atoms with Gasteiger partial charge < -0.3 is 15.5 Å². The maximum Gasteiger partial charge on any atom is 0.287 e. The number of nitrogens with one attached hydrogen (secondary N) is 1. The molecule has 2 atom stereocenters. The predicted molar refractivity (Wildman–Crippen MR) is 76.4 cm³/mol. The molecule has 1 saturated carbocycles. The zero-order chi connectivity index (χ0) is 14.1. The number of carbonyl (C=O) groups excluding carboxylic acids is 1. The Kier molecular flexibility index (Phi) is 3.44. The highest BCUT2D eigenvalue weighted by Crippen LogP contribution is 2.25. The van der Waals surface area contributed by atoms with E-state index in [4.69, 9.17) is 10.2 Å². The summed E-state index contributed by atoms with van der Waals surface area (Å²) in [6.07, 6.45) is 3.20. The third-order valence-corrected chi connectivity index (χ3v) is 4.02. The highest BCUT2D eigenvalue weighted by atomic mass is 16.3. The second-order valence-corrected chi connectivity index (χ2v) is 5.45. The summed E-state index contributed by atoms with van der Waals surface area (Å²) in [6.45, 7) is 2.53. The van der Waals surface area contributed by atoms with Crippen molar-refractivity contribution in [1.29, 1.82) is 0 Å². The zero-order valence-corrected chi connectivity index (χ0v) is 11.6. The first kappa shape index (κ1) is 13.1. The number of pyridine rings is 1. The lowest BCUT2D eigenvalue weighted by Gasteiger charge is -2.18. The van der Waals surface area contributed by atoms with E-state index in [1.165, 1.54) is 0 Å². The topological polar surface area (TPSA) is 81.2 Å². The molecule has 0 radical (unpaired) electrons. The normalized spacial score (nSPS) is 22.3. The van der Waals surface area contributed by atoms with Crippen molar-refractivity contribution in [3.8, 4) is 0 Å². The second-order valence-electron chi connectivity index (χ2n) is 5.45. The van der Waals surface area contributed by atoms with Gasteiger partial charge in [-0.05, 0) is 44.4 Å². The average Bonchev–Trinajstić information content (AvgIpc) is 3.04. The fourth-order valence-corrected chi connectivity index (χ4v) is 2.89. The van der Waals surface area contributed by atoms with Crippen LogP contribution in [0.15, 0.2) is 22.6 Å². The number of hydrogen-bond donors (Lipinski definition) is 2. The van der Waals surface area contributed by atoms with Crippen molar-refractivity contribution in [2.45, 2.75) is 32.2 Å².